The maximum absolute atomic E-state index is 12.2. The van der Waals surface area contributed by atoms with Crippen molar-refractivity contribution < 1.29 is 4.79 Å². The summed E-state index contributed by atoms with van der Waals surface area (Å²) in [6.45, 7) is 0. The van der Waals surface area contributed by atoms with Gasteiger partial charge < -0.3 is 10.6 Å². The van der Waals surface area contributed by atoms with Gasteiger partial charge in [-0.2, -0.15) is 5.26 Å². The second-order valence-corrected chi connectivity index (χ2v) is 6.13. The lowest BCUT2D eigenvalue weighted by atomic mass is 10.2. The Morgan fingerprint density at radius 1 is 1.04 bits per heavy atom. The number of anilines is 3. The van der Waals surface area contributed by atoms with E-state index in [0.29, 0.717) is 22.6 Å². The molecule has 0 bridgehead atoms. The van der Waals surface area contributed by atoms with Gasteiger partial charge in [-0.15, -0.1) is 0 Å². The number of nitriles is 1. The Balaban J connectivity index is 1.65. The Morgan fingerprint density at radius 3 is 2.44 bits per heavy atom. The number of aromatic nitrogens is 1. The Morgan fingerprint density at radius 2 is 1.80 bits per heavy atom. The molecule has 122 valence electrons. The van der Waals surface area contributed by atoms with Crippen LogP contribution in [-0.2, 0) is 0 Å². The minimum absolute atomic E-state index is 0.198. The molecule has 0 aliphatic heterocycles. The molecule has 2 N–H and O–H groups in total. The smallest absolute Gasteiger partial charge is 0.255 e. The number of halogens is 1. The third-order valence-electron chi connectivity index (χ3n) is 3.39. The predicted molar refractivity (Wildman–Crippen MR) is 101 cm³/mol. The fraction of sp³-hybridized carbons (Fsp3) is 0. The van der Waals surface area contributed by atoms with E-state index < -0.39 is 0 Å². The number of nitrogens with zero attached hydrogens (tertiary/aromatic N) is 2. The highest BCUT2D eigenvalue weighted by molar-refractivity contribution is 9.10. The molecule has 1 heterocycles. The van der Waals surface area contributed by atoms with E-state index in [9.17, 15) is 4.79 Å². The van der Waals surface area contributed by atoms with Gasteiger partial charge in [-0.05, 0) is 54.6 Å². The number of rotatable bonds is 4. The summed E-state index contributed by atoms with van der Waals surface area (Å²) in [5, 5.41) is 14.7. The first-order chi connectivity index (χ1) is 12.1. The van der Waals surface area contributed by atoms with Crippen LogP contribution < -0.4 is 10.6 Å². The zero-order valence-corrected chi connectivity index (χ0v) is 14.6. The van der Waals surface area contributed by atoms with Crippen molar-refractivity contribution in [3.8, 4) is 6.07 Å². The number of pyridine rings is 1. The third kappa shape index (κ3) is 4.43. The molecule has 0 unspecified atom stereocenters. The molecule has 0 saturated carbocycles. The molecule has 6 heteroatoms. The summed E-state index contributed by atoms with van der Waals surface area (Å²) < 4.78 is 0.847. The minimum atomic E-state index is -0.198. The van der Waals surface area contributed by atoms with E-state index in [1.54, 1.807) is 42.6 Å². The van der Waals surface area contributed by atoms with Crippen LogP contribution in [0.2, 0.25) is 0 Å². The highest BCUT2D eigenvalue weighted by Crippen LogP contribution is 2.18. The van der Waals surface area contributed by atoms with Crippen molar-refractivity contribution >= 4 is 39.0 Å². The standard InChI is InChI=1S/C19H13BrN4O/c20-15-3-1-2-14(10-15)19(25)24-17-8-9-18(22-12-17)23-16-6-4-13(11-21)5-7-16/h1-10,12H,(H,22,23)(H,24,25). The summed E-state index contributed by atoms with van der Waals surface area (Å²) in [4.78, 5) is 16.5. The number of amides is 1. The summed E-state index contributed by atoms with van der Waals surface area (Å²) in [7, 11) is 0. The average Bonchev–Trinajstić information content (AvgIpc) is 2.64. The number of benzene rings is 2. The van der Waals surface area contributed by atoms with Crippen LogP contribution in [0.25, 0.3) is 0 Å². The fourth-order valence-corrected chi connectivity index (χ4v) is 2.55. The van der Waals surface area contributed by atoms with Crippen molar-refractivity contribution in [2.75, 3.05) is 10.6 Å². The summed E-state index contributed by atoms with van der Waals surface area (Å²) in [5.74, 6) is 0.445. The fourth-order valence-electron chi connectivity index (χ4n) is 2.15. The van der Waals surface area contributed by atoms with E-state index in [2.05, 4.69) is 37.6 Å². The molecule has 0 aliphatic rings. The van der Waals surface area contributed by atoms with E-state index in [-0.39, 0.29) is 5.91 Å². The number of hydrogen-bond acceptors (Lipinski definition) is 4. The van der Waals surface area contributed by atoms with E-state index in [1.807, 2.05) is 24.3 Å². The maximum Gasteiger partial charge on any atom is 0.255 e. The molecule has 3 rings (SSSR count). The van der Waals surface area contributed by atoms with Gasteiger partial charge in [0.25, 0.3) is 5.91 Å². The molecule has 0 saturated heterocycles. The van der Waals surface area contributed by atoms with Crippen LogP contribution in [0.3, 0.4) is 0 Å². The number of carbonyl (C=O) groups is 1. The Hall–Kier alpha value is -3.17. The topological polar surface area (TPSA) is 77.8 Å². The van der Waals surface area contributed by atoms with Crippen molar-refractivity contribution in [1.82, 2.24) is 4.98 Å². The summed E-state index contributed by atoms with van der Waals surface area (Å²) in [6, 6.07) is 19.9. The van der Waals surface area contributed by atoms with Crippen molar-refractivity contribution in [3.05, 3.63) is 82.5 Å². The van der Waals surface area contributed by atoms with Gasteiger partial charge in [-0.25, -0.2) is 4.98 Å². The Bertz CT molecular complexity index is 931. The first-order valence-electron chi connectivity index (χ1n) is 7.44. The van der Waals surface area contributed by atoms with Crippen molar-refractivity contribution in [2.24, 2.45) is 0 Å². The maximum atomic E-state index is 12.2. The molecule has 0 spiro atoms. The van der Waals surface area contributed by atoms with Crippen LogP contribution in [-0.4, -0.2) is 10.9 Å². The van der Waals surface area contributed by atoms with Crippen LogP contribution >= 0.6 is 15.9 Å². The van der Waals surface area contributed by atoms with Gasteiger partial charge >= 0.3 is 0 Å². The SMILES string of the molecule is N#Cc1ccc(Nc2ccc(NC(=O)c3cccc(Br)c3)cn2)cc1. The molecule has 1 amide bonds. The van der Waals surface area contributed by atoms with Gasteiger partial charge in [0.05, 0.1) is 23.5 Å². The lowest BCUT2D eigenvalue weighted by molar-refractivity contribution is 0.102. The second kappa shape index (κ2) is 7.60. The van der Waals surface area contributed by atoms with E-state index in [0.717, 1.165) is 10.2 Å². The van der Waals surface area contributed by atoms with Gasteiger partial charge in [0.2, 0.25) is 0 Å². The summed E-state index contributed by atoms with van der Waals surface area (Å²) >= 11 is 3.35. The van der Waals surface area contributed by atoms with Gasteiger partial charge in [-0.3, -0.25) is 4.79 Å². The first kappa shape index (κ1) is 16.7. The van der Waals surface area contributed by atoms with Gasteiger partial charge in [0.15, 0.2) is 0 Å². The van der Waals surface area contributed by atoms with Crippen LogP contribution in [0, 0.1) is 11.3 Å². The largest absolute Gasteiger partial charge is 0.340 e. The second-order valence-electron chi connectivity index (χ2n) is 5.21. The Kier molecular flexibility index (Phi) is 5.07. The van der Waals surface area contributed by atoms with Crippen LogP contribution in [0.15, 0.2) is 71.3 Å². The van der Waals surface area contributed by atoms with Crippen LogP contribution in [0.5, 0.6) is 0 Å². The molecule has 25 heavy (non-hydrogen) atoms. The molecular formula is C19H13BrN4O. The highest BCUT2D eigenvalue weighted by Gasteiger charge is 2.06. The van der Waals surface area contributed by atoms with E-state index in [4.69, 9.17) is 5.26 Å². The molecular weight excluding hydrogens is 380 g/mol. The Labute approximate surface area is 153 Å². The lowest BCUT2D eigenvalue weighted by Gasteiger charge is -2.08. The third-order valence-corrected chi connectivity index (χ3v) is 3.89. The van der Waals surface area contributed by atoms with Crippen molar-refractivity contribution in [3.63, 3.8) is 0 Å². The number of hydrogen-bond donors (Lipinski definition) is 2. The monoisotopic (exact) mass is 392 g/mol. The van der Waals surface area contributed by atoms with Crippen LogP contribution in [0.4, 0.5) is 17.2 Å². The predicted octanol–water partition coefficient (Wildman–Crippen LogP) is 4.71. The molecule has 0 radical (unpaired) electrons. The normalized spacial score (nSPS) is 9.92. The van der Waals surface area contributed by atoms with E-state index >= 15 is 0 Å². The summed E-state index contributed by atoms with van der Waals surface area (Å²) in [5.41, 5.74) is 2.60. The molecule has 3 aromatic rings. The van der Waals surface area contributed by atoms with Crippen molar-refractivity contribution in [2.45, 2.75) is 0 Å². The van der Waals surface area contributed by atoms with E-state index in [1.165, 1.54) is 0 Å². The number of carbonyl (C=O) groups excluding carboxylic acids is 1. The minimum Gasteiger partial charge on any atom is -0.340 e. The van der Waals surface area contributed by atoms with Crippen molar-refractivity contribution in [1.29, 1.82) is 5.26 Å². The first-order valence-corrected chi connectivity index (χ1v) is 8.23. The highest BCUT2D eigenvalue weighted by atomic mass is 79.9. The zero-order chi connectivity index (χ0) is 17.6. The van der Waals surface area contributed by atoms with Crippen LogP contribution in [0.1, 0.15) is 15.9 Å². The van der Waals surface area contributed by atoms with Gasteiger partial charge in [0, 0.05) is 15.7 Å². The molecule has 5 nitrogen and oxygen atoms in total. The van der Waals surface area contributed by atoms with Gasteiger partial charge in [0.1, 0.15) is 5.82 Å². The average molecular weight is 393 g/mol. The lowest BCUT2D eigenvalue weighted by Crippen LogP contribution is -2.12. The quantitative estimate of drug-likeness (QED) is 0.673. The molecule has 2 aromatic carbocycles. The molecule has 0 atom stereocenters. The molecule has 1 aromatic heterocycles. The molecule has 0 fully saturated rings. The van der Waals surface area contributed by atoms with Gasteiger partial charge in [-0.1, -0.05) is 22.0 Å². The zero-order valence-electron chi connectivity index (χ0n) is 13.0. The molecule has 0 aliphatic carbocycles. The summed E-state index contributed by atoms with van der Waals surface area (Å²) in [6.07, 6.45) is 1.59. The number of nitrogens with one attached hydrogen (secondary N) is 2.